The Labute approximate surface area is 134 Å². The van der Waals surface area contributed by atoms with Crippen LogP contribution in [0, 0.1) is 0 Å². The summed E-state index contributed by atoms with van der Waals surface area (Å²) in [6.07, 6.45) is 5.74. The van der Waals surface area contributed by atoms with Crippen LogP contribution >= 0.6 is 11.3 Å². The predicted octanol–water partition coefficient (Wildman–Crippen LogP) is 2.91. The molecule has 0 unspecified atom stereocenters. The zero-order valence-electron chi connectivity index (χ0n) is 12.5. The lowest BCUT2D eigenvalue weighted by Gasteiger charge is -2.16. The Morgan fingerprint density at radius 2 is 2.09 bits per heavy atom. The number of thiazole rings is 1. The van der Waals surface area contributed by atoms with Crippen LogP contribution in [0.3, 0.4) is 0 Å². The van der Waals surface area contributed by atoms with Crippen molar-refractivity contribution in [2.24, 2.45) is 0 Å². The Bertz CT molecular complexity index is 666. The molecule has 1 heterocycles. The van der Waals surface area contributed by atoms with E-state index in [-0.39, 0.29) is 6.54 Å². The van der Waals surface area contributed by atoms with Crippen molar-refractivity contribution < 1.29 is 9.90 Å². The summed E-state index contributed by atoms with van der Waals surface area (Å²) in [7, 11) is 0. The minimum Gasteiger partial charge on any atom is -0.480 e. The van der Waals surface area contributed by atoms with E-state index in [0.29, 0.717) is 6.54 Å². The van der Waals surface area contributed by atoms with E-state index in [9.17, 15) is 4.79 Å². The number of carboxylic acid groups (broad SMARTS) is 1. The van der Waals surface area contributed by atoms with Crippen LogP contribution in [-0.4, -0.2) is 29.1 Å². The van der Waals surface area contributed by atoms with Crippen molar-refractivity contribution in [3.05, 3.63) is 39.7 Å². The maximum atomic E-state index is 10.4. The van der Waals surface area contributed by atoms with Crippen LogP contribution in [-0.2, 0) is 24.1 Å². The molecule has 2 aromatic rings. The summed E-state index contributed by atoms with van der Waals surface area (Å²) in [6, 6.07) is 6.71. The average Bonchev–Trinajstić information content (AvgIpc) is 3.00. The van der Waals surface area contributed by atoms with Crippen LogP contribution < -0.4 is 5.32 Å². The summed E-state index contributed by atoms with van der Waals surface area (Å²) in [5.74, 6) is -0.825. The van der Waals surface area contributed by atoms with Crippen molar-refractivity contribution >= 4 is 17.3 Å². The summed E-state index contributed by atoms with van der Waals surface area (Å²) in [5, 5.41) is 14.6. The van der Waals surface area contributed by atoms with Gasteiger partial charge in [0.1, 0.15) is 0 Å². The topological polar surface area (TPSA) is 62.2 Å². The monoisotopic (exact) mass is 316 g/mol. The number of benzene rings is 1. The molecule has 1 aliphatic rings. The lowest BCUT2D eigenvalue weighted by atomic mass is 9.90. The van der Waals surface area contributed by atoms with Gasteiger partial charge in [0.25, 0.3) is 0 Å². The highest BCUT2D eigenvalue weighted by Gasteiger charge is 2.11. The second-order valence-corrected chi connectivity index (χ2v) is 6.58. The first-order valence-electron chi connectivity index (χ1n) is 7.71. The van der Waals surface area contributed by atoms with Crippen LogP contribution in [0.5, 0.6) is 0 Å². The number of aromatic nitrogens is 1. The largest absolute Gasteiger partial charge is 0.480 e. The van der Waals surface area contributed by atoms with Crippen molar-refractivity contribution in [1.82, 2.24) is 10.3 Å². The number of hydrogen-bond donors (Lipinski definition) is 2. The van der Waals surface area contributed by atoms with E-state index in [2.05, 4.69) is 33.9 Å². The third kappa shape index (κ3) is 3.72. The first kappa shape index (κ1) is 15.2. The lowest BCUT2D eigenvalue weighted by Crippen LogP contribution is -2.24. The fourth-order valence-electron chi connectivity index (χ4n) is 2.84. The standard InChI is InChI=1S/C17H20N2O2S/c20-17(21)10-18-8-7-16-19-15(11-22-16)14-6-5-12-3-1-2-4-13(12)9-14/h5-6,9,11,18H,1-4,7-8,10H2,(H,20,21). The number of aliphatic carboxylic acids is 1. The van der Waals surface area contributed by atoms with Crippen molar-refractivity contribution in [2.75, 3.05) is 13.1 Å². The highest BCUT2D eigenvalue weighted by atomic mass is 32.1. The van der Waals surface area contributed by atoms with Gasteiger partial charge < -0.3 is 10.4 Å². The second kappa shape index (κ2) is 7.03. The van der Waals surface area contributed by atoms with Gasteiger partial charge in [0, 0.05) is 23.9 Å². The first-order valence-corrected chi connectivity index (χ1v) is 8.59. The predicted molar refractivity (Wildman–Crippen MR) is 88.4 cm³/mol. The van der Waals surface area contributed by atoms with E-state index in [0.717, 1.165) is 17.1 Å². The van der Waals surface area contributed by atoms with Crippen LogP contribution in [0.4, 0.5) is 0 Å². The average molecular weight is 316 g/mol. The molecule has 2 N–H and O–H groups in total. The van der Waals surface area contributed by atoms with Gasteiger partial charge in [-0.15, -0.1) is 11.3 Å². The van der Waals surface area contributed by atoms with Gasteiger partial charge in [0.05, 0.1) is 17.2 Å². The van der Waals surface area contributed by atoms with E-state index in [4.69, 9.17) is 5.11 Å². The van der Waals surface area contributed by atoms with E-state index in [1.54, 1.807) is 11.3 Å². The van der Waals surface area contributed by atoms with Crippen LogP contribution in [0.1, 0.15) is 29.0 Å². The molecule has 0 radical (unpaired) electrons. The molecule has 116 valence electrons. The Kier molecular flexibility index (Phi) is 4.85. The molecule has 3 rings (SSSR count). The third-order valence-electron chi connectivity index (χ3n) is 3.99. The normalized spacial score (nSPS) is 13.8. The molecule has 1 aliphatic carbocycles. The van der Waals surface area contributed by atoms with Crippen LogP contribution in [0.25, 0.3) is 11.3 Å². The molecular formula is C17H20N2O2S. The molecule has 0 saturated carbocycles. The van der Waals surface area contributed by atoms with Gasteiger partial charge in [-0.3, -0.25) is 4.79 Å². The van der Waals surface area contributed by atoms with E-state index in [1.165, 1.54) is 42.4 Å². The van der Waals surface area contributed by atoms with Gasteiger partial charge in [-0.25, -0.2) is 4.98 Å². The van der Waals surface area contributed by atoms with Gasteiger partial charge in [-0.1, -0.05) is 12.1 Å². The molecule has 0 bridgehead atoms. The maximum Gasteiger partial charge on any atom is 0.317 e. The summed E-state index contributed by atoms with van der Waals surface area (Å²) in [5.41, 5.74) is 5.19. The zero-order valence-corrected chi connectivity index (χ0v) is 13.3. The van der Waals surface area contributed by atoms with Gasteiger partial charge in [-0.05, 0) is 42.9 Å². The van der Waals surface area contributed by atoms with E-state index >= 15 is 0 Å². The van der Waals surface area contributed by atoms with Gasteiger partial charge >= 0.3 is 5.97 Å². The van der Waals surface area contributed by atoms with Crippen molar-refractivity contribution in [1.29, 1.82) is 0 Å². The highest BCUT2D eigenvalue weighted by Crippen LogP contribution is 2.28. The number of rotatable bonds is 6. The first-order chi connectivity index (χ1) is 10.7. The number of nitrogens with zero attached hydrogens (tertiary/aromatic N) is 1. The minimum atomic E-state index is -0.825. The molecule has 0 amide bonds. The molecular weight excluding hydrogens is 296 g/mol. The summed E-state index contributed by atoms with van der Waals surface area (Å²) < 4.78 is 0. The summed E-state index contributed by atoms with van der Waals surface area (Å²) in [6.45, 7) is 0.645. The Morgan fingerprint density at radius 3 is 2.91 bits per heavy atom. The van der Waals surface area contributed by atoms with Gasteiger partial charge in [0.2, 0.25) is 0 Å². The molecule has 1 aromatic carbocycles. The Morgan fingerprint density at radius 1 is 1.27 bits per heavy atom. The number of aryl methyl sites for hydroxylation is 2. The molecule has 1 aromatic heterocycles. The Hall–Kier alpha value is -1.72. The fraction of sp³-hybridized carbons (Fsp3) is 0.412. The van der Waals surface area contributed by atoms with Crippen molar-refractivity contribution in [2.45, 2.75) is 32.1 Å². The van der Waals surface area contributed by atoms with Crippen LogP contribution in [0.15, 0.2) is 23.6 Å². The second-order valence-electron chi connectivity index (χ2n) is 5.64. The molecule has 5 heteroatoms. The summed E-state index contributed by atoms with van der Waals surface area (Å²) >= 11 is 1.64. The molecule has 0 spiro atoms. The fourth-order valence-corrected chi connectivity index (χ4v) is 3.65. The van der Waals surface area contributed by atoms with E-state index < -0.39 is 5.97 Å². The number of carbonyl (C=O) groups is 1. The number of fused-ring (bicyclic) bond motifs is 1. The minimum absolute atomic E-state index is 0.00303. The molecule has 4 nitrogen and oxygen atoms in total. The molecule has 0 fully saturated rings. The zero-order chi connectivity index (χ0) is 15.4. The molecule has 0 atom stereocenters. The number of nitrogens with one attached hydrogen (secondary N) is 1. The number of carboxylic acids is 1. The third-order valence-corrected chi connectivity index (χ3v) is 4.90. The molecule has 22 heavy (non-hydrogen) atoms. The quantitative estimate of drug-likeness (QED) is 0.805. The Balaban J connectivity index is 1.64. The van der Waals surface area contributed by atoms with E-state index in [1.807, 2.05) is 0 Å². The molecule has 0 saturated heterocycles. The smallest absolute Gasteiger partial charge is 0.317 e. The van der Waals surface area contributed by atoms with Crippen molar-refractivity contribution in [3.63, 3.8) is 0 Å². The van der Waals surface area contributed by atoms with Gasteiger partial charge in [0.15, 0.2) is 0 Å². The van der Waals surface area contributed by atoms with Gasteiger partial charge in [-0.2, -0.15) is 0 Å². The SMILES string of the molecule is O=C(O)CNCCc1nc(-c2ccc3c(c2)CCCC3)cs1. The van der Waals surface area contributed by atoms with Crippen molar-refractivity contribution in [3.8, 4) is 11.3 Å². The number of hydrogen-bond acceptors (Lipinski definition) is 4. The summed E-state index contributed by atoms with van der Waals surface area (Å²) in [4.78, 5) is 15.1. The highest BCUT2D eigenvalue weighted by molar-refractivity contribution is 7.09. The maximum absolute atomic E-state index is 10.4. The molecule has 0 aliphatic heterocycles. The van der Waals surface area contributed by atoms with Crippen LogP contribution in [0.2, 0.25) is 0 Å². The lowest BCUT2D eigenvalue weighted by molar-refractivity contribution is -0.135.